The number of anilines is 2. The maximum atomic E-state index is 5.76. The molecule has 1 saturated heterocycles. The zero-order valence-corrected chi connectivity index (χ0v) is 11.5. The van der Waals surface area contributed by atoms with Crippen LogP contribution in [0.25, 0.3) is 0 Å². The van der Waals surface area contributed by atoms with Gasteiger partial charge in [-0.15, -0.1) is 0 Å². The van der Waals surface area contributed by atoms with Gasteiger partial charge in [0.15, 0.2) is 0 Å². The zero-order valence-electron chi connectivity index (χ0n) is 9.91. The van der Waals surface area contributed by atoms with E-state index in [4.69, 9.17) is 5.73 Å². The van der Waals surface area contributed by atoms with Gasteiger partial charge in [-0.2, -0.15) is 0 Å². The van der Waals surface area contributed by atoms with E-state index in [2.05, 4.69) is 40.7 Å². The molecular weight excluding hydrogens is 264 g/mol. The second kappa shape index (κ2) is 4.66. The van der Waals surface area contributed by atoms with E-state index in [1.807, 2.05) is 12.1 Å². The summed E-state index contributed by atoms with van der Waals surface area (Å²) in [4.78, 5) is 2.45. The fourth-order valence-corrected chi connectivity index (χ4v) is 2.91. The van der Waals surface area contributed by atoms with E-state index < -0.39 is 0 Å². The van der Waals surface area contributed by atoms with Crippen LogP contribution in [0.1, 0.15) is 20.3 Å². The Balaban J connectivity index is 2.18. The van der Waals surface area contributed by atoms with E-state index in [0.717, 1.165) is 35.1 Å². The molecule has 88 valence electrons. The summed E-state index contributed by atoms with van der Waals surface area (Å²) in [6.07, 6.45) is 1.28. The number of hydrogen-bond acceptors (Lipinski definition) is 2. The second-order valence-electron chi connectivity index (χ2n) is 4.90. The first-order chi connectivity index (χ1) is 7.58. The third-order valence-corrected chi connectivity index (χ3v) is 4.28. The molecule has 0 saturated carbocycles. The third kappa shape index (κ3) is 2.34. The topological polar surface area (TPSA) is 29.3 Å². The van der Waals surface area contributed by atoms with Crippen molar-refractivity contribution in [3.8, 4) is 0 Å². The molecule has 0 aromatic heterocycles. The number of nitrogen functional groups attached to an aromatic ring is 1. The van der Waals surface area contributed by atoms with Crippen LogP contribution in [-0.2, 0) is 0 Å². The number of rotatable bonds is 1. The van der Waals surface area contributed by atoms with E-state index >= 15 is 0 Å². The Labute approximate surface area is 106 Å². The molecule has 1 aliphatic heterocycles. The smallest absolute Gasteiger partial charge is 0.0512 e. The van der Waals surface area contributed by atoms with Gasteiger partial charge >= 0.3 is 0 Å². The fraction of sp³-hybridized carbons (Fsp3) is 0.538. The minimum absolute atomic E-state index is 0.762. The molecule has 1 heterocycles. The molecule has 2 unspecified atom stereocenters. The molecular formula is C13H19BrN2. The van der Waals surface area contributed by atoms with Crippen LogP contribution < -0.4 is 10.6 Å². The molecule has 0 spiro atoms. The van der Waals surface area contributed by atoms with Gasteiger partial charge in [0.25, 0.3) is 0 Å². The van der Waals surface area contributed by atoms with E-state index in [1.54, 1.807) is 0 Å². The quantitative estimate of drug-likeness (QED) is 0.799. The Morgan fingerprint density at radius 1 is 1.31 bits per heavy atom. The highest BCUT2D eigenvalue weighted by molar-refractivity contribution is 9.10. The molecule has 1 aromatic carbocycles. The summed E-state index contributed by atoms with van der Waals surface area (Å²) in [6.45, 7) is 6.97. The van der Waals surface area contributed by atoms with Crippen LogP contribution in [0.3, 0.4) is 0 Å². The number of piperidine rings is 1. The minimum Gasteiger partial charge on any atom is -0.399 e. The SMILES string of the molecule is CC1CCN(c2ccc(N)cc2Br)CC1C. The van der Waals surface area contributed by atoms with Gasteiger partial charge in [-0.1, -0.05) is 13.8 Å². The van der Waals surface area contributed by atoms with Gasteiger partial charge in [0.1, 0.15) is 0 Å². The van der Waals surface area contributed by atoms with Crippen LogP contribution in [0.15, 0.2) is 22.7 Å². The molecule has 2 rings (SSSR count). The van der Waals surface area contributed by atoms with Gasteiger partial charge in [-0.3, -0.25) is 0 Å². The molecule has 2 N–H and O–H groups in total. The van der Waals surface area contributed by atoms with Crippen molar-refractivity contribution in [3.05, 3.63) is 22.7 Å². The van der Waals surface area contributed by atoms with Crippen molar-refractivity contribution in [1.29, 1.82) is 0 Å². The molecule has 0 amide bonds. The van der Waals surface area contributed by atoms with Crippen LogP contribution >= 0.6 is 15.9 Å². The van der Waals surface area contributed by atoms with Crippen LogP contribution in [0, 0.1) is 11.8 Å². The Morgan fingerprint density at radius 2 is 2.06 bits per heavy atom. The van der Waals surface area contributed by atoms with Gasteiger partial charge in [0.05, 0.1) is 5.69 Å². The lowest BCUT2D eigenvalue weighted by atomic mass is 9.88. The highest BCUT2D eigenvalue weighted by Crippen LogP contribution is 2.32. The van der Waals surface area contributed by atoms with E-state index in [1.165, 1.54) is 12.1 Å². The first-order valence-corrected chi connectivity index (χ1v) is 6.67. The summed E-state index contributed by atoms with van der Waals surface area (Å²) in [6, 6.07) is 6.07. The van der Waals surface area contributed by atoms with Gasteiger partial charge in [-0.25, -0.2) is 0 Å². The maximum Gasteiger partial charge on any atom is 0.0512 e. The number of benzene rings is 1. The molecule has 1 fully saturated rings. The lowest BCUT2D eigenvalue weighted by Crippen LogP contribution is -2.38. The number of nitrogens with zero attached hydrogens (tertiary/aromatic N) is 1. The molecule has 16 heavy (non-hydrogen) atoms. The molecule has 2 atom stereocenters. The molecule has 1 aliphatic rings. The monoisotopic (exact) mass is 282 g/mol. The van der Waals surface area contributed by atoms with Crippen molar-refractivity contribution in [2.75, 3.05) is 23.7 Å². The largest absolute Gasteiger partial charge is 0.399 e. The maximum absolute atomic E-state index is 5.76. The fourth-order valence-electron chi connectivity index (χ4n) is 2.26. The van der Waals surface area contributed by atoms with Crippen LogP contribution in [0.2, 0.25) is 0 Å². The number of halogens is 1. The Bertz CT molecular complexity index is 378. The normalized spacial score (nSPS) is 25.8. The first kappa shape index (κ1) is 11.8. The molecule has 0 radical (unpaired) electrons. The molecule has 1 aromatic rings. The van der Waals surface area contributed by atoms with Crippen LogP contribution in [0.4, 0.5) is 11.4 Å². The predicted octanol–water partition coefficient (Wildman–Crippen LogP) is 3.51. The van der Waals surface area contributed by atoms with Crippen molar-refractivity contribution in [2.45, 2.75) is 20.3 Å². The van der Waals surface area contributed by atoms with E-state index in [-0.39, 0.29) is 0 Å². The molecule has 0 aliphatic carbocycles. The van der Waals surface area contributed by atoms with Crippen molar-refractivity contribution in [1.82, 2.24) is 0 Å². The van der Waals surface area contributed by atoms with Crippen LogP contribution in [0.5, 0.6) is 0 Å². The van der Waals surface area contributed by atoms with Crippen molar-refractivity contribution in [3.63, 3.8) is 0 Å². The second-order valence-corrected chi connectivity index (χ2v) is 5.75. The Morgan fingerprint density at radius 3 is 2.69 bits per heavy atom. The summed E-state index contributed by atoms with van der Waals surface area (Å²) >= 11 is 3.60. The number of hydrogen-bond donors (Lipinski definition) is 1. The predicted molar refractivity (Wildman–Crippen MR) is 73.7 cm³/mol. The minimum atomic E-state index is 0.762. The highest BCUT2D eigenvalue weighted by atomic mass is 79.9. The highest BCUT2D eigenvalue weighted by Gasteiger charge is 2.23. The lowest BCUT2D eigenvalue weighted by Gasteiger charge is -2.37. The summed E-state index contributed by atoms with van der Waals surface area (Å²) < 4.78 is 1.11. The van der Waals surface area contributed by atoms with Crippen molar-refractivity contribution in [2.24, 2.45) is 11.8 Å². The Hall–Kier alpha value is -0.700. The molecule has 2 nitrogen and oxygen atoms in total. The average molecular weight is 283 g/mol. The van der Waals surface area contributed by atoms with Crippen LogP contribution in [-0.4, -0.2) is 13.1 Å². The molecule has 0 bridgehead atoms. The third-order valence-electron chi connectivity index (χ3n) is 3.65. The average Bonchev–Trinajstić information content (AvgIpc) is 2.22. The summed E-state index contributed by atoms with van der Waals surface area (Å²) in [5, 5.41) is 0. The van der Waals surface area contributed by atoms with Gasteiger partial charge in [-0.05, 0) is 52.4 Å². The first-order valence-electron chi connectivity index (χ1n) is 5.88. The standard InChI is InChI=1S/C13H19BrN2/c1-9-5-6-16(8-10(9)2)13-4-3-11(15)7-12(13)14/h3-4,7,9-10H,5-6,8,15H2,1-2H3. The number of nitrogens with two attached hydrogens (primary N) is 1. The molecule has 3 heteroatoms. The van der Waals surface area contributed by atoms with Crippen molar-refractivity contribution < 1.29 is 0 Å². The van der Waals surface area contributed by atoms with E-state index in [9.17, 15) is 0 Å². The van der Waals surface area contributed by atoms with E-state index in [0.29, 0.717) is 0 Å². The van der Waals surface area contributed by atoms with Crippen molar-refractivity contribution >= 4 is 27.3 Å². The zero-order chi connectivity index (χ0) is 11.7. The van der Waals surface area contributed by atoms with Gasteiger partial charge < -0.3 is 10.6 Å². The summed E-state index contributed by atoms with van der Waals surface area (Å²) in [5.74, 6) is 1.60. The van der Waals surface area contributed by atoms with Gasteiger partial charge in [0, 0.05) is 23.2 Å². The van der Waals surface area contributed by atoms with Gasteiger partial charge in [0.2, 0.25) is 0 Å². The summed E-state index contributed by atoms with van der Waals surface area (Å²) in [5.41, 5.74) is 7.84. The Kier molecular flexibility index (Phi) is 3.43. The lowest BCUT2D eigenvalue weighted by molar-refractivity contribution is 0.324. The summed E-state index contributed by atoms with van der Waals surface area (Å²) in [7, 11) is 0.